The molecule has 2 aromatic rings. The van der Waals surface area contributed by atoms with E-state index in [2.05, 4.69) is 5.32 Å². The van der Waals surface area contributed by atoms with E-state index in [9.17, 15) is 18.0 Å². The van der Waals surface area contributed by atoms with Crippen molar-refractivity contribution in [3.63, 3.8) is 0 Å². The first-order valence-electron chi connectivity index (χ1n) is 7.57. The van der Waals surface area contributed by atoms with Crippen LogP contribution in [-0.2, 0) is 14.6 Å². The summed E-state index contributed by atoms with van der Waals surface area (Å²) < 4.78 is 23.0. The van der Waals surface area contributed by atoms with E-state index in [1.165, 1.54) is 29.2 Å². The van der Waals surface area contributed by atoms with Crippen molar-refractivity contribution in [2.45, 2.75) is 10.9 Å². The van der Waals surface area contributed by atoms with Gasteiger partial charge in [-0.3, -0.25) is 9.59 Å². The van der Waals surface area contributed by atoms with Gasteiger partial charge in [0.25, 0.3) is 5.91 Å². The number of benzene rings is 2. The largest absolute Gasteiger partial charge is 0.347 e. The Bertz CT molecular complexity index is 860. The lowest BCUT2D eigenvalue weighted by molar-refractivity contribution is -0.130. The molecule has 132 valence electrons. The molecule has 0 bridgehead atoms. The molecule has 0 saturated heterocycles. The summed E-state index contributed by atoms with van der Waals surface area (Å²) in [5, 5.41) is 2.71. The van der Waals surface area contributed by atoms with Crippen LogP contribution in [0.4, 0.5) is 0 Å². The predicted molar refractivity (Wildman–Crippen MR) is 94.9 cm³/mol. The van der Waals surface area contributed by atoms with Gasteiger partial charge in [0.05, 0.1) is 4.90 Å². The first-order valence-corrected chi connectivity index (χ1v) is 9.46. The van der Waals surface area contributed by atoms with Crippen molar-refractivity contribution in [3.8, 4) is 0 Å². The Morgan fingerprint density at radius 1 is 0.960 bits per heavy atom. The third-order valence-electron chi connectivity index (χ3n) is 3.64. The molecule has 2 amide bonds. The fraction of sp³-hybridized carbons (Fsp3) is 0.222. The van der Waals surface area contributed by atoms with Crippen molar-refractivity contribution >= 4 is 21.7 Å². The van der Waals surface area contributed by atoms with E-state index in [-0.39, 0.29) is 16.4 Å². The van der Waals surface area contributed by atoms with Gasteiger partial charge >= 0.3 is 0 Å². The van der Waals surface area contributed by atoms with Crippen molar-refractivity contribution in [1.82, 2.24) is 10.2 Å². The molecule has 0 heterocycles. The molecule has 0 radical (unpaired) electrons. The fourth-order valence-electron chi connectivity index (χ4n) is 2.26. The molecule has 0 aliphatic rings. The molecule has 0 saturated carbocycles. The van der Waals surface area contributed by atoms with E-state index in [0.717, 1.165) is 6.26 Å². The van der Waals surface area contributed by atoms with Crippen LogP contribution < -0.4 is 5.32 Å². The van der Waals surface area contributed by atoms with Gasteiger partial charge in [-0.15, -0.1) is 0 Å². The zero-order chi connectivity index (χ0) is 18.6. The molecule has 0 aromatic heterocycles. The third-order valence-corrected chi connectivity index (χ3v) is 4.77. The summed E-state index contributed by atoms with van der Waals surface area (Å²) in [6, 6.07) is 13.7. The van der Waals surface area contributed by atoms with Crippen LogP contribution in [0.3, 0.4) is 0 Å². The number of nitrogens with one attached hydrogen (secondary N) is 1. The molecular formula is C18H20N2O4S. The van der Waals surface area contributed by atoms with Crippen LogP contribution in [0, 0.1) is 0 Å². The average molecular weight is 360 g/mol. The zero-order valence-electron chi connectivity index (χ0n) is 14.3. The van der Waals surface area contributed by atoms with Gasteiger partial charge in [0.1, 0.15) is 6.04 Å². The normalized spacial score (nSPS) is 12.3. The number of rotatable bonds is 5. The van der Waals surface area contributed by atoms with Gasteiger partial charge < -0.3 is 10.2 Å². The van der Waals surface area contributed by atoms with Crippen molar-refractivity contribution in [3.05, 3.63) is 65.7 Å². The summed E-state index contributed by atoms with van der Waals surface area (Å²) in [6.07, 6.45) is 1.10. The first-order chi connectivity index (χ1) is 11.7. The summed E-state index contributed by atoms with van der Waals surface area (Å²) in [5.74, 6) is -0.712. The second-order valence-corrected chi connectivity index (χ2v) is 7.86. The topological polar surface area (TPSA) is 83.6 Å². The molecule has 25 heavy (non-hydrogen) atoms. The maximum absolute atomic E-state index is 12.5. The summed E-state index contributed by atoms with van der Waals surface area (Å²) in [5.41, 5.74) is 0.946. The van der Waals surface area contributed by atoms with Crippen LogP contribution in [-0.4, -0.2) is 45.5 Å². The van der Waals surface area contributed by atoms with Crippen LogP contribution in [0.1, 0.15) is 22.0 Å². The standard InChI is InChI=1S/C18H20N2O4S/c1-20(2)18(22)16(13-7-5-4-6-8-13)19-17(21)14-9-11-15(12-10-14)25(3,23)24/h4-12,16H,1-3H3,(H,19,21). The van der Waals surface area contributed by atoms with Gasteiger partial charge in [0.2, 0.25) is 5.91 Å². The van der Waals surface area contributed by atoms with E-state index in [1.807, 2.05) is 6.07 Å². The summed E-state index contributed by atoms with van der Waals surface area (Å²) in [6.45, 7) is 0. The predicted octanol–water partition coefficient (Wildman–Crippen LogP) is 1.65. The number of nitrogens with zero attached hydrogens (tertiary/aromatic N) is 1. The molecule has 6 nitrogen and oxygen atoms in total. The highest BCUT2D eigenvalue weighted by molar-refractivity contribution is 7.90. The van der Waals surface area contributed by atoms with Crippen molar-refractivity contribution in [1.29, 1.82) is 0 Å². The van der Waals surface area contributed by atoms with Gasteiger partial charge in [0, 0.05) is 25.9 Å². The molecule has 0 fully saturated rings. The highest BCUT2D eigenvalue weighted by atomic mass is 32.2. The SMILES string of the molecule is CN(C)C(=O)C(NC(=O)c1ccc(S(C)(=O)=O)cc1)c1ccccc1. The number of carbonyl (C=O) groups is 2. The smallest absolute Gasteiger partial charge is 0.252 e. The lowest BCUT2D eigenvalue weighted by Crippen LogP contribution is -2.39. The van der Waals surface area contributed by atoms with E-state index in [0.29, 0.717) is 5.56 Å². The van der Waals surface area contributed by atoms with Gasteiger partial charge in [-0.2, -0.15) is 0 Å². The molecule has 2 rings (SSSR count). The van der Waals surface area contributed by atoms with Crippen LogP contribution in [0.25, 0.3) is 0 Å². The average Bonchev–Trinajstić information content (AvgIpc) is 2.59. The molecular weight excluding hydrogens is 340 g/mol. The molecule has 7 heteroatoms. The Labute approximate surface area is 147 Å². The van der Waals surface area contributed by atoms with Crippen molar-refractivity contribution in [2.75, 3.05) is 20.4 Å². The number of hydrogen-bond donors (Lipinski definition) is 1. The van der Waals surface area contributed by atoms with E-state index in [1.54, 1.807) is 38.4 Å². The third kappa shape index (κ3) is 4.67. The Balaban J connectivity index is 2.26. The number of carbonyl (C=O) groups excluding carboxylic acids is 2. The summed E-state index contributed by atoms with van der Waals surface area (Å²) in [4.78, 5) is 26.5. The number of amides is 2. The summed E-state index contributed by atoms with van der Waals surface area (Å²) >= 11 is 0. The first kappa shape index (κ1) is 18.7. The van der Waals surface area contributed by atoms with Gasteiger partial charge in [-0.05, 0) is 29.8 Å². The minimum Gasteiger partial charge on any atom is -0.347 e. The molecule has 2 aromatic carbocycles. The van der Waals surface area contributed by atoms with E-state index < -0.39 is 21.8 Å². The highest BCUT2D eigenvalue weighted by Crippen LogP contribution is 2.17. The summed E-state index contributed by atoms with van der Waals surface area (Å²) in [7, 11) is -0.0957. The maximum atomic E-state index is 12.5. The van der Waals surface area contributed by atoms with E-state index >= 15 is 0 Å². The fourth-order valence-corrected chi connectivity index (χ4v) is 2.89. The lowest BCUT2D eigenvalue weighted by atomic mass is 10.0. The van der Waals surface area contributed by atoms with Crippen LogP contribution in [0.2, 0.25) is 0 Å². The molecule has 1 N–H and O–H groups in total. The Morgan fingerprint density at radius 2 is 1.52 bits per heavy atom. The minimum atomic E-state index is -3.33. The van der Waals surface area contributed by atoms with Crippen LogP contribution in [0.5, 0.6) is 0 Å². The highest BCUT2D eigenvalue weighted by Gasteiger charge is 2.24. The number of hydrogen-bond acceptors (Lipinski definition) is 4. The Kier molecular flexibility index (Phi) is 5.58. The van der Waals surface area contributed by atoms with Crippen LogP contribution >= 0.6 is 0 Å². The molecule has 0 aliphatic carbocycles. The zero-order valence-corrected chi connectivity index (χ0v) is 15.1. The monoisotopic (exact) mass is 360 g/mol. The van der Waals surface area contributed by atoms with Crippen molar-refractivity contribution in [2.24, 2.45) is 0 Å². The van der Waals surface area contributed by atoms with Gasteiger partial charge in [-0.25, -0.2) is 8.42 Å². The quantitative estimate of drug-likeness (QED) is 0.879. The van der Waals surface area contributed by atoms with Gasteiger partial charge in [-0.1, -0.05) is 30.3 Å². The molecule has 1 unspecified atom stereocenters. The molecule has 1 atom stereocenters. The second-order valence-electron chi connectivity index (χ2n) is 5.85. The van der Waals surface area contributed by atoms with E-state index in [4.69, 9.17) is 0 Å². The maximum Gasteiger partial charge on any atom is 0.252 e. The van der Waals surface area contributed by atoms with Crippen molar-refractivity contribution < 1.29 is 18.0 Å². The molecule has 0 aliphatic heterocycles. The van der Waals surface area contributed by atoms with Crippen LogP contribution in [0.15, 0.2) is 59.5 Å². The second kappa shape index (κ2) is 7.48. The minimum absolute atomic E-state index is 0.132. The van der Waals surface area contributed by atoms with Gasteiger partial charge in [0.15, 0.2) is 9.84 Å². The lowest BCUT2D eigenvalue weighted by Gasteiger charge is -2.22. The Hall–Kier alpha value is -2.67. The Morgan fingerprint density at radius 3 is 2.00 bits per heavy atom. The number of likely N-dealkylation sites (N-methyl/N-ethyl adjacent to an activating group) is 1. The molecule has 0 spiro atoms. The number of sulfone groups is 1.